The van der Waals surface area contributed by atoms with Gasteiger partial charge in [0.05, 0.1) is 30.0 Å². The lowest BCUT2D eigenvalue weighted by atomic mass is 10.0. The summed E-state index contributed by atoms with van der Waals surface area (Å²) < 4.78 is 3.86. The molecule has 0 radical (unpaired) electrons. The number of benzene rings is 1. The second kappa shape index (κ2) is 5.66. The van der Waals surface area contributed by atoms with Crippen LogP contribution in [-0.2, 0) is 6.54 Å². The van der Waals surface area contributed by atoms with Crippen LogP contribution in [0.1, 0.15) is 30.1 Å². The normalized spacial score (nSPS) is 14.2. The first-order valence-corrected chi connectivity index (χ1v) is 8.78. The first-order chi connectivity index (χ1) is 12.7. The van der Waals surface area contributed by atoms with Crippen LogP contribution in [0.2, 0.25) is 0 Å². The minimum Gasteiger partial charge on any atom is -0.384 e. The van der Waals surface area contributed by atoms with Gasteiger partial charge in [-0.2, -0.15) is 5.10 Å². The van der Waals surface area contributed by atoms with Gasteiger partial charge in [0, 0.05) is 17.1 Å². The van der Waals surface area contributed by atoms with Crippen molar-refractivity contribution < 1.29 is 0 Å². The van der Waals surface area contributed by atoms with Crippen LogP contribution in [0.4, 0.5) is 5.82 Å². The van der Waals surface area contributed by atoms with Gasteiger partial charge in [0.25, 0.3) is 0 Å². The summed E-state index contributed by atoms with van der Waals surface area (Å²) >= 11 is 0. The van der Waals surface area contributed by atoms with Crippen molar-refractivity contribution in [1.29, 1.82) is 0 Å². The second-order valence-electron chi connectivity index (χ2n) is 6.89. The molecule has 7 nitrogen and oxygen atoms in total. The number of aromatic nitrogens is 6. The molecule has 1 aliphatic rings. The molecule has 1 saturated carbocycles. The molecule has 26 heavy (non-hydrogen) atoms. The van der Waals surface area contributed by atoms with Crippen molar-refractivity contribution >= 4 is 16.7 Å². The number of nitrogen functional groups attached to an aromatic ring is 1. The van der Waals surface area contributed by atoms with Gasteiger partial charge in [-0.1, -0.05) is 23.4 Å². The van der Waals surface area contributed by atoms with Crippen LogP contribution in [0.25, 0.3) is 22.2 Å². The summed E-state index contributed by atoms with van der Waals surface area (Å²) in [5.41, 5.74) is 10.7. The molecule has 0 atom stereocenters. The van der Waals surface area contributed by atoms with Crippen molar-refractivity contribution in [3.63, 3.8) is 0 Å². The first-order valence-electron chi connectivity index (χ1n) is 8.78. The van der Waals surface area contributed by atoms with Crippen molar-refractivity contribution in [2.75, 3.05) is 5.73 Å². The Morgan fingerprint density at radius 1 is 1.23 bits per heavy atom. The van der Waals surface area contributed by atoms with Crippen molar-refractivity contribution in [3.05, 3.63) is 54.0 Å². The molecule has 7 heteroatoms. The predicted molar refractivity (Wildman–Crippen MR) is 99.5 cm³/mol. The van der Waals surface area contributed by atoms with Crippen LogP contribution < -0.4 is 5.73 Å². The second-order valence-corrected chi connectivity index (χ2v) is 6.89. The zero-order chi connectivity index (χ0) is 17.7. The number of pyridine rings is 1. The average molecular weight is 345 g/mol. The van der Waals surface area contributed by atoms with Gasteiger partial charge in [-0.15, -0.1) is 5.10 Å². The van der Waals surface area contributed by atoms with Crippen molar-refractivity contribution in [2.24, 2.45) is 0 Å². The molecule has 4 aromatic rings. The maximum absolute atomic E-state index is 6.02. The Labute approximate surface area is 150 Å². The Morgan fingerprint density at radius 3 is 2.96 bits per heavy atom. The van der Waals surface area contributed by atoms with Gasteiger partial charge in [0.2, 0.25) is 0 Å². The smallest absolute Gasteiger partial charge is 0.124 e. The van der Waals surface area contributed by atoms with E-state index in [9.17, 15) is 0 Å². The quantitative estimate of drug-likeness (QED) is 0.614. The van der Waals surface area contributed by atoms with Crippen molar-refractivity contribution in [3.8, 4) is 11.3 Å². The summed E-state index contributed by atoms with van der Waals surface area (Å²) in [4.78, 5) is 4.47. The third-order valence-electron chi connectivity index (χ3n) is 4.78. The summed E-state index contributed by atoms with van der Waals surface area (Å²) in [7, 11) is 0. The third kappa shape index (κ3) is 2.61. The lowest BCUT2D eigenvalue weighted by Gasteiger charge is -2.07. The van der Waals surface area contributed by atoms with E-state index in [-0.39, 0.29) is 0 Å². The molecule has 0 unspecified atom stereocenters. The van der Waals surface area contributed by atoms with Gasteiger partial charge in [0.1, 0.15) is 11.5 Å². The van der Waals surface area contributed by atoms with Crippen LogP contribution in [-0.4, -0.2) is 29.8 Å². The number of aryl methyl sites for hydroxylation is 1. The summed E-state index contributed by atoms with van der Waals surface area (Å²) in [6.07, 6.45) is 6.44. The van der Waals surface area contributed by atoms with Crippen molar-refractivity contribution in [2.45, 2.75) is 32.4 Å². The summed E-state index contributed by atoms with van der Waals surface area (Å²) in [5.74, 6) is 0.486. The predicted octanol–water partition coefficient (Wildman–Crippen LogP) is 2.96. The summed E-state index contributed by atoms with van der Waals surface area (Å²) in [6.45, 7) is 2.63. The molecule has 1 aromatic carbocycles. The highest BCUT2D eigenvalue weighted by Gasteiger charge is 2.24. The SMILES string of the molecule is Cc1cccc2c(-c3cn(Cc4ccn(C5CC5)n4)nn3)cc(N)nc12. The fourth-order valence-corrected chi connectivity index (χ4v) is 3.29. The molecule has 2 N–H and O–H groups in total. The molecule has 1 aliphatic carbocycles. The first kappa shape index (κ1) is 15.1. The molecule has 0 bridgehead atoms. The molecular formula is C19H19N7. The van der Waals surface area contributed by atoms with E-state index in [1.165, 1.54) is 12.8 Å². The molecule has 1 fully saturated rings. The highest BCUT2D eigenvalue weighted by molar-refractivity contribution is 5.96. The molecule has 0 amide bonds. The van der Waals surface area contributed by atoms with Crippen LogP contribution in [0.5, 0.6) is 0 Å². The number of hydrogen-bond acceptors (Lipinski definition) is 5. The fourth-order valence-electron chi connectivity index (χ4n) is 3.29. The Bertz CT molecular complexity index is 1100. The number of nitrogens with zero attached hydrogens (tertiary/aromatic N) is 6. The lowest BCUT2D eigenvalue weighted by molar-refractivity contribution is 0.595. The van der Waals surface area contributed by atoms with E-state index in [4.69, 9.17) is 5.73 Å². The van der Waals surface area contributed by atoms with Gasteiger partial charge < -0.3 is 5.73 Å². The largest absolute Gasteiger partial charge is 0.384 e. The number of para-hydroxylation sites is 1. The maximum Gasteiger partial charge on any atom is 0.124 e. The van der Waals surface area contributed by atoms with Gasteiger partial charge in [-0.25, -0.2) is 9.67 Å². The molecule has 0 saturated heterocycles. The zero-order valence-electron chi connectivity index (χ0n) is 14.5. The minimum atomic E-state index is 0.486. The standard InChI is InChI=1S/C19H19N7/c1-12-3-2-4-15-16(9-18(20)21-19(12)15)17-11-25(24-22-17)10-13-7-8-26(23-13)14-5-6-14/h2-4,7-9,11,14H,5-6,10H2,1H3,(H2,20,21). The number of nitrogens with two attached hydrogens (primary N) is 1. The molecule has 130 valence electrons. The maximum atomic E-state index is 6.02. The Kier molecular flexibility index (Phi) is 3.28. The Balaban J connectivity index is 1.49. The highest BCUT2D eigenvalue weighted by Crippen LogP contribution is 2.34. The summed E-state index contributed by atoms with van der Waals surface area (Å²) in [5, 5.41) is 14.3. The highest BCUT2D eigenvalue weighted by atomic mass is 15.4. The molecule has 0 spiro atoms. The van der Waals surface area contributed by atoms with Crippen LogP contribution in [0, 0.1) is 6.92 Å². The van der Waals surface area contributed by atoms with Crippen LogP contribution in [0.3, 0.4) is 0 Å². The van der Waals surface area contributed by atoms with Gasteiger partial charge in [0.15, 0.2) is 0 Å². The van der Waals surface area contributed by atoms with E-state index in [0.29, 0.717) is 18.4 Å². The third-order valence-corrected chi connectivity index (χ3v) is 4.78. The summed E-state index contributed by atoms with van der Waals surface area (Å²) in [6, 6.07) is 10.6. The fraction of sp³-hybridized carbons (Fsp3) is 0.263. The molecule has 3 aromatic heterocycles. The van der Waals surface area contributed by atoms with Crippen molar-refractivity contribution in [1.82, 2.24) is 29.8 Å². The molecular weight excluding hydrogens is 326 g/mol. The van der Waals surface area contributed by atoms with Crippen LogP contribution >= 0.6 is 0 Å². The Morgan fingerprint density at radius 2 is 2.12 bits per heavy atom. The number of hydrogen-bond donors (Lipinski definition) is 1. The lowest BCUT2D eigenvalue weighted by Crippen LogP contribution is -2.02. The molecule has 0 aliphatic heterocycles. The van der Waals surface area contributed by atoms with E-state index < -0.39 is 0 Å². The van der Waals surface area contributed by atoms with Gasteiger partial charge >= 0.3 is 0 Å². The number of fused-ring (bicyclic) bond motifs is 1. The molecule has 3 heterocycles. The van der Waals surface area contributed by atoms with E-state index in [1.807, 2.05) is 59.0 Å². The van der Waals surface area contributed by atoms with E-state index in [0.717, 1.165) is 33.4 Å². The molecule has 5 rings (SSSR count). The monoisotopic (exact) mass is 345 g/mol. The zero-order valence-corrected chi connectivity index (χ0v) is 14.5. The Hall–Kier alpha value is -3.22. The van der Waals surface area contributed by atoms with E-state index in [2.05, 4.69) is 20.4 Å². The van der Waals surface area contributed by atoms with Crippen LogP contribution in [0.15, 0.2) is 42.7 Å². The van der Waals surface area contributed by atoms with E-state index >= 15 is 0 Å². The van der Waals surface area contributed by atoms with E-state index in [1.54, 1.807) is 0 Å². The number of anilines is 1. The average Bonchev–Trinajstić information content (AvgIpc) is 3.20. The number of rotatable bonds is 4. The topological polar surface area (TPSA) is 87.4 Å². The minimum absolute atomic E-state index is 0.486. The van der Waals surface area contributed by atoms with Gasteiger partial charge in [-0.3, -0.25) is 4.68 Å². The van der Waals surface area contributed by atoms with Gasteiger partial charge in [-0.05, 0) is 37.5 Å².